The zero-order valence-corrected chi connectivity index (χ0v) is 5.56. The van der Waals surface area contributed by atoms with Crippen LogP contribution in [0.15, 0.2) is 0 Å². The molecule has 0 aromatic heterocycles. The molecule has 2 rings (SSSR count). The van der Waals surface area contributed by atoms with Crippen molar-refractivity contribution < 1.29 is 0 Å². The van der Waals surface area contributed by atoms with Crippen molar-refractivity contribution in [2.24, 2.45) is 17.8 Å². The number of rotatable bonds is 0. The minimum absolute atomic E-state index is 1.05. The third kappa shape index (κ3) is 0.667. The first-order valence-electron chi connectivity index (χ1n) is 3.86. The largest absolute Gasteiger partial charge is 0.0625 e. The first-order chi connectivity index (χ1) is 3.86. The fourth-order valence-corrected chi connectivity index (χ4v) is 2.09. The predicted octanol–water partition coefficient (Wildman–Crippen LogP) is 2.44. The molecule has 0 unspecified atom stereocenters. The second kappa shape index (κ2) is 1.49. The van der Waals surface area contributed by atoms with Gasteiger partial charge in [-0.15, -0.1) is 0 Å². The highest BCUT2D eigenvalue weighted by atomic mass is 14.5. The zero-order valence-electron chi connectivity index (χ0n) is 5.56. The summed E-state index contributed by atoms with van der Waals surface area (Å²) in [7, 11) is 0. The number of fused-ring (bicyclic) bond motifs is 1. The number of hydrogen-bond donors (Lipinski definition) is 0. The molecule has 0 N–H and O–H groups in total. The van der Waals surface area contributed by atoms with E-state index in [9.17, 15) is 0 Å². The molecule has 2 aliphatic carbocycles. The van der Waals surface area contributed by atoms with Gasteiger partial charge in [-0.05, 0) is 37.0 Å². The van der Waals surface area contributed by atoms with E-state index in [1.165, 1.54) is 18.3 Å². The summed E-state index contributed by atoms with van der Waals surface area (Å²) in [5.74, 6) is 3.42. The Morgan fingerprint density at radius 3 is 2.50 bits per heavy atom. The molecule has 46 valence electrons. The summed E-state index contributed by atoms with van der Waals surface area (Å²) in [5.41, 5.74) is 0. The third-order valence-electron chi connectivity index (χ3n) is 2.80. The average molecular weight is 110 g/mol. The Morgan fingerprint density at radius 1 is 1.00 bits per heavy atom. The second-order valence-electron chi connectivity index (χ2n) is 3.67. The van der Waals surface area contributed by atoms with Gasteiger partial charge in [0.05, 0.1) is 0 Å². The van der Waals surface area contributed by atoms with Gasteiger partial charge in [0.25, 0.3) is 0 Å². The van der Waals surface area contributed by atoms with E-state index in [0.29, 0.717) is 0 Å². The zero-order chi connectivity index (χ0) is 5.56. The first-order valence-corrected chi connectivity index (χ1v) is 3.86. The van der Waals surface area contributed by atoms with Gasteiger partial charge in [0.1, 0.15) is 0 Å². The van der Waals surface area contributed by atoms with Crippen LogP contribution in [0.25, 0.3) is 0 Å². The molecule has 0 saturated heterocycles. The van der Waals surface area contributed by atoms with Crippen molar-refractivity contribution in [1.82, 2.24) is 0 Å². The van der Waals surface area contributed by atoms with Crippen molar-refractivity contribution in [3.63, 3.8) is 0 Å². The lowest BCUT2D eigenvalue weighted by molar-refractivity contribution is 0.368. The standard InChI is InChI=1S/C8H14/c1-6-2-3-7-5-8(7)4-6/h6-8H,2-5H2,1H3/t6-,7-,8-/m1/s1. The van der Waals surface area contributed by atoms with Crippen LogP contribution in [-0.2, 0) is 0 Å². The SMILES string of the molecule is C[C@@H]1CC[C@@H]2C[C@H]2C1. The highest BCUT2D eigenvalue weighted by Crippen LogP contribution is 2.51. The van der Waals surface area contributed by atoms with Crippen LogP contribution in [0.1, 0.15) is 32.6 Å². The van der Waals surface area contributed by atoms with E-state index >= 15 is 0 Å². The van der Waals surface area contributed by atoms with Gasteiger partial charge in [-0.2, -0.15) is 0 Å². The molecule has 0 radical (unpaired) electrons. The summed E-state index contributed by atoms with van der Waals surface area (Å²) in [6.45, 7) is 2.40. The number of hydrogen-bond acceptors (Lipinski definition) is 0. The van der Waals surface area contributed by atoms with E-state index < -0.39 is 0 Å². The van der Waals surface area contributed by atoms with Gasteiger partial charge in [0.2, 0.25) is 0 Å². The molecule has 2 saturated carbocycles. The molecule has 8 heavy (non-hydrogen) atoms. The molecule has 0 bridgehead atoms. The van der Waals surface area contributed by atoms with Gasteiger partial charge in [0, 0.05) is 0 Å². The minimum atomic E-state index is 1.05. The Balaban J connectivity index is 1.93. The molecule has 0 heteroatoms. The Morgan fingerprint density at radius 2 is 1.88 bits per heavy atom. The quantitative estimate of drug-likeness (QED) is 0.449. The molecule has 0 aliphatic heterocycles. The molecule has 0 amide bonds. The molecular weight excluding hydrogens is 96.1 g/mol. The lowest BCUT2D eigenvalue weighted by Crippen LogP contribution is -2.03. The van der Waals surface area contributed by atoms with E-state index in [4.69, 9.17) is 0 Å². The first kappa shape index (κ1) is 4.84. The van der Waals surface area contributed by atoms with Crippen LogP contribution in [0, 0.1) is 17.8 Å². The maximum atomic E-state index is 2.40. The summed E-state index contributed by atoms with van der Waals surface area (Å²) < 4.78 is 0. The summed E-state index contributed by atoms with van der Waals surface area (Å²) in [5, 5.41) is 0. The summed E-state index contributed by atoms with van der Waals surface area (Å²) in [4.78, 5) is 0. The minimum Gasteiger partial charge on any atom is -0.0625 e. The maximum absolute atomic E-state index is 2.40. The van der Waals surface area contributed by atoms with Crippen LogP contribution in [0.2, 0.25) is 0 Å². The normalized spacial score (nSPS) is 52.9. The highest BCUT2D eigenvalue weighted by Gasteiger charge is 2.40. The molecule has 0 nitrogen and oxygen atoms in total. The summed E-state index contributed by atoms with van der Waals surface area (Å²) >= 11 is 0. The van der Waals surface area contributed by atoms with Crippen LogP contribution in [0.4, 0.5) is 0 Å². The topological polar surface area (TPSA) is 0 Å². The van der Waals surface area contributed by atoms with Gasteiger partial charge in [-0.1, -0.05) is 13.3 Å². The molecule has 0 spiro atoms. The van der Waals surface area contributed by atoms with Gasteiger partial charge < -0.3 is 0 Å². The van der Waals surface area contributed by atoms with Crippen LogP contribution < -0.4 is 0 Å². The van der Waals surface area contributed by atoms with Crippen molar-refractivity contribution in [3.8, 4) is 0 Å². The Hall–Kier alpha value is 0. The van der Waals surface area contributed by atoms with E-state index in [0.717, 1.165) is 5.92 Å². The Labute approximate surface area is 51.3 Å². The van der Waals surface area contributed by atoms with Crippen LogP contribution in [0.3, 0.4) is 0 Å². The smallest absolute Gasteiger partial charge is 0.0380 e. The second-order valence-corrected chi connectivity index (χ2v) is 3.67. The van der Waals surface area contributed by atoms with E-state index in [1.807, 2.05) is 0 Å². The summed E-state index contributed by atoms with van der Waals surface area (Å²) in [6, 6.07) is 0. The molecule has 0 aromatic rings. The van der Waals surface area contributed by atoms with Crippen LogP contribution in [-0.4, -0.2) is 0 Å². The van der Waals surface area contributed by atoms with Crippen molar-refractivity contribution >= 4 is 0 Å². The molecule has 0 heterocycles. The van der Waals surface area contributed by atoms with Crippen LogP contribution in [0.5, 0.6) is 0 Å². The summed E-state index contributed by atoms with van der Waals surface area (Å²) in [6.07, 6.45) is 6.18. The lowest BCUT2D eigenvalue weighted by Gasteiger charge is -2.15. The highest BCUT2D eigenvalue weighted by molar-refractivity contribution is 4.91. The van der Waals surface area contributed by atoms with Gasteiger partial charge in [-0.25, -0.2) is 0 Å². The monoisotopic (exact) mass is 110 g/mol. The van der Waals surface area contributed by atoms with Gasteiger partial charge in [-0.3, -0.25) is 0 Å². The Kier molecular flexibility index (Phi) is 0.902. The molecule has 2 aliphatic rings. The molecular formula is C8H14. The van der Waals surface area contributed by atoms with Crippen molar-refractivity contribution in [2.75, 3.05) is 0 Å². The molecule has 2 fully saturated rings. The Bertz CT molecular complexity index is 96.2. The van der Waals surface area contributed by atoms with E-state index in [-0.39, 0.29) is 0 Å². The van der Waals surface area contributed by atoms with E-state index in [1.54, 1.807) is 19.3 Å². The van der Waals surface area contributed by atoms with Crippen LogP contribution >= 0.6 is 0 Å². The fourth-order valence-electron chi connectivity index (χ4n) is 2.09. The van der Waals surface area contributed by atoms with Crippen molar-refractivity contribution in [2.45, 2.75) is 32.6 Å². The van der Waals surface area contributed by atoms with Crippen molar-refractivity contribution in [3.05, 3.63) is 0 Å². The van der Waals surface area contributed by atoms with E-state index in [2.05, 4.69) is 6.92 Å². The van der Waals surface area contributed by atoms with Gasteiger partial charge in [0.15, 0.2) is 0 Å². The fraction of sp³-hybridized carbons (Fsp3) is 1.00. The maximum Gasteiger partial charge on any atom is -0.0380 e. The average Bonchev–Trinajstić information content (AvgIpc) is 2.43. The predicted molar refractivity (Wildman–Crippen MR) is 34.6 cm³/mol. The van der Waals surface area contributed by atoms with Crippen molar-refractivity contribution in [1.29, 1.82) is 0 Å². The molecule has 0 aromatic carbocycles. The lowest BCUT2D eigenvalue weighted by atomic mass is 9.91. The van der Waals surface area contributed by atoms with Gasteiger partial charge >= 0.3 is 0 Å². The third-order valence-corrected chi connectivity index (χ3v) is 2.80. The molecule has 3 atom stereocenters.